The minimum Gasteiger partial charge on any atom is -0.479 e. The van der Waals surface area contributed by atoms with E-state index < -0.39 is 12.1 Å². The number of ether oxygens (including phenoxy) is 1. The van der Waals surface area contributed by atoms with Gasteiger partial charge in [0.2, 0.25) is 0 Å². The Morgan fingerprint density at radius 1 is 0.773 bits per heavy atom. The first-order chi connectivity index (χ1) is 10.7. The van der Waals surface area contributed by atoms with Gasteiger partial charge in [-0.1, -0.05) is 90.9 Å². The highest BCUT2D eigenvalue weighted by atomic mass is 16.5. The second-order valence-corrected chi connectivity index (χ2v) is 6.35. The minimum atomic E-state index is -0.836. The van der Waals surface area contributed by atoms with E-state index in [0.717, 1.165) is 12.8 Å². The molecule has 1 unspecified atom stereocenters. The summed E-state index contributed by atoms with van der Waals surface area (Å²) in [5, 5.41) is 8.85. The van der Waals surface area contributed by atoms with Crippen molar-refractivity contribution in [1.29, 1.82) is 0 Å². The van der Waals surface area contributed by atoms with Crippen molar-refractivity contribution in [2.75, 3.05) is 6.61 Å². The van der Waals surface area contributed by atoms with Crippen LogP contribution in [0.3, 0.4) is 0 Å². The second-order valence-electron chi connectivity index (χ2n) is 6.35. The highest BCUT2D eigenvalue weighted by molar-refractivity contribution is 5.72. The van der Waals surface area contributed by atoms with Crippen LogP contribution in [0.4, 0.5) is 0 Å². The van der Waals surface area contributed by atoms with Gasteiger partial charge in [0.1, 0.15) is 0 Å². The molecule has 0 saturated heterocycles. The molecule has 0 aromatic rings. The van der Waals surface area contributed by atoms with Gasteiger partial charge in [0.25, 0.3) is 0 Å². The molecule has 0 aromatic heterocycles. The van der Waals surface area contributed by atoms with Gasteiger partial charge in [-0.3, -0.25) is 0 Å². The van der Waals surface area contributed by atoms with Crippen LogP contribution < -0.4 is 0 Å². The minimum absolute atomic E-state index is 0.549. The predicted molar refractivity (Wildman–Crippen MR) is 93.4 cm³/mol. The van der Waals surface area contributed by atoms with Gasteiger partial charge in [-0.15, -0.1) is 0 Å². The van der Waals surface area contributed by atoms with Crippen molar-refractivity contribution in [3.63, 3.8) is 0 Å². The molecule has 0 bridgehead atoms. The maximum Gasteiger partial charge on any atom is 0.332 e. The van der Waals surface area contributed by atoms with Crippen LogP contribution in [0.5, 0.6) is 0 Å². The van der Waals surface area contributed by atoms with E-state index in [0.29, 0.717) is 13.0 Å². The van der Waals surface area contributed by atoms with E-state index >= 15 is 0 Å². The van der Waals surface area contributed by atoms with Crippen LogP contribution in [0.25, 0.3) is 0 Å². The third kappa shape index (κ3) is 14.4. The van der Waals surface area contributed by atoms with Crippen LogP contribution in [0.1, 0.15) is 104 Å². The Morgan fingerprint density at radius 3 is 1.55 bits per heavy atom. The molecule has 0 fully saturated rings. The Morgan fingerprint density at radius 2 is 1.18 bits per heavy atom. The van der Waals surface area contributed by atoms with Gasteiger partial charge < -0.3 is 9.84 Å². The number of unbranched alkanes of at least 4 members (excludes halogenated alkanes) is 12. The van der Waals surface area contributed by atoms with Gasteiger partial charge in [0.05, 0.1) is 0 Å². The van der Waals surface area contributed by atoms with Gasteiger partial charge >= 0.3 is 5.97 Å². The molecule has 0 amide bonds. The lowest BCUT2D eigenvalue weighted by molar-refractivity contribution is -0.150. The molecular weight excluding hydrogens is 276 g/mol. The van der Waals surface area contributed by atoms with Crippen molar-refractivity contribution in [2.45, 2.75) is 110 Å². The second kappa shape index (κ2) is 16.8. The number of carboxylic acids is 1. The molecule has 3 heteroatoms. The summed E-state index contributed by atoms with van der Waals surface area (Å²) in [6.45, 7) is 4.70. The number of hydrogen-bond acceptors (Lipinski definition) is 2. The number of carboxylic acid groups (broad SMARTS) is 1. The highest BCUT2D eigenvalue weighted by Crippen LogP contribution is 2.12. The molecule has 1 atom stereocenters. The number of carbonyl (C=O) groups is 1. The fourth-order valence-corrected chi connectivity index (χ4v) is 2.71. The standard InChI is InChI=1S/C19H38O3/c1-3-5-6-7-8-9-10-11-12-13-14-15-16-17-22-18(4-2)19(20)21/h18H,3-17H2,1-2H3,(H,20,21). The van der Waals surface area contributed by atoms with Crippen LogP contribution >= 0.6 is 0 Å². The maximum atomic E-state index is 10.8. The molecule has 0 spiro atoms. The summed E-state index contributed by atoms with van der Waals surface area (Å²) in [5.41, 5.74) is 0. The third-order valence-electron chi connectivity index (χ3n) is 4.21. The van der Waals surface area contributed by atoms with Crippen molar-refractivity contribution in [2.24, 2.45) is 0 Å². The monoisotopic (exact) mass is 314 g/mol. The van der Waals surface area contributed by atoms with E-state index in [1.54, 1.807) is 0 Å². The fourth-order valence-electron chi connectivity index (χ4n) is 2.71. The first-order valence-electron chi connectivity index (χ1n) is 9.56. The average Bonchev–Trinajstić information content (AvgIpc) is 2.51. The lowest BCUT2D eigenvalue weighted by Crippen LogP contribution is -2.23. The SMILES string of the molecule is CCCCCCCCCCCCCCCOC(CC)C(=O)O. The topological polar surface area (TPSA) is 46.5 Å². The molecule has 0 aliphatic carbocycles. The zero-order chi connectivity index (χ0) is 16.5. The zero-order valence-corrected chi connectivity index (χ0v) is 14.9. The largest absolute Gasteiger partial charge is 0.479 e. The smallest absolute Gasteiger partial charge is 0.332 e. The Bertz CT molecular complexity index is 241. The van der Waals surface area contributed by atoms with E-state index in [9.17, 15) is 4.79 Å². The molecule has 1 N–H and O–H groups in total. The van der Waals surface area contributed by atoms with Gasteiger partial charge in [-0.2, -0.15) is 0 Å². The van der Waals surface area contributed by atoms with Crippen molar-refractivity contribution >= 4 is 5.97 Å². The Balaban J connectivity index is 3.13. The number of hydrogen-bond donors (Lipinski definition) is 1. The summed E-state index contributed by atoms with van der Waals surface area (Å²) in [4.78, 5) is 10.8. The van der Waals surface area contributed by atoms with Gasteiger partial charge in [0.15, 0.2) is 6.10 Å². The van der Waals surface area contributed by atoms with Crippen LogP contribution in [0.15, 0.2) is 0 Å². The van der Waals surface area contributed by atoms with Crippen LogP contribution in [-0.2, 0) is 9.53 Å². The Labute approximate surface area is 137 Å². The average molecular weight is 315 g/mol. The highest BCUT2D eigenvalue weighted by Gasteiger charge is 2.14. The molecule has 0 radical (unpaired) electrons. The van der Waals surface area contributed by atoms with Gasteiger partial charge in [-0.05, 0) is 12.8 Å². The molecule has 0 aliphatic heterocycles. The quantitative estimate of drug-likeness (QED) is 0.337. The van der Waals surface area contributed by atoms with Crippen LogP contribution in [0, 0.1) is 0 Å². The predicted octanol–water partition coefficient (Wildman–Crippen LogP) is 5.96. The summed E-state index contributed by atoms with van der Waals surface area (Å²) < 4.78 is 5.35. The summed E-state index contributed by atoms with van der Waals surface area (Å²) in [5.74, 6) is -0.836. The first-order valence-corrected chi connectivity index (χ1v) is 9.56. The molecule has 22 heavy (non-hydrogen) atoms. The molecular formula is C19H38O3. The third-order valence-corrected chi connectivity index (χ3v) is 4.21. The van der Waals surface area contributed by atoms with E-state index in [1.165, 1.54) is 70.6 Å². The summed E-state index contributed by atoms with van der Waals surface area (Å²) in [6.07, 6.45) is 17.2. The summed E-state index contributed by atoms with van der Waals surface area (Å²) in [7, 11) is 0. The van der Waals surface area contributed by atoms with Crippen molar-refractivity contribution in [3.05, 3.63) is 0 Å². The first kappa shape index (κ1) is 21.4. The molecule has 0 aliphatic rings. The van der Waals surface area contributed by atoms with E-state index in [1.807, 2.05) is 6.92 Å². The van der Waals surface area contributed by atoms with Crippen molar-refractivity contribution < 1.29 is 14.6 Å². The Hall–Kier alpha value is -0.570. The molecule has 0 rings (SSSR count). The molecule has 0 heterocycles. The lowest BCUT2D eigenvalue weighted by Gasteiger charge is -2.10. The number of rotatable bonds is 17. The van der Waals surface area contributed by atoms with E-state index in [-0.39, 0.29) is 0 Å². The van der Waals surface area contributed by atoms with E-state index in [4.69, 9.17) is 9.84 Å². The van der Waals surface area contributed by atoms with E-state index in [2.05, 4.69) is 6.92 Å². The lowest BCUT2D eigenvalue weighted by atomic mass is 10.0. The molecule has 0 saturated carbocycles. The maximum absolute atomic E-state index is 10.8. The van der Waals surface area contributed by atoms with Crippen molar-refractivity contribution in [1.82, 2.24) is 0 Å². The fraction of sp³-hybridized carbons (Fsp3) is 0.947. The number of aliphatic carboxylic acids is 1. The molecule has 0 aromatic carbocycles. The van der Waals surface area contributed by atoms with Crippen LogP contribution in [0.2, 0.25) is 0 Å². The van der Waals surface area contributed by atoms with Crippen LogP contribution in [-0.4, -0.2) is 23.8 Å². The summed E-state index contributed by atoms with van der Waals surface area (Å²) in [6, 6.07) is 0. The summed E-state index contributed by atoms with van der Waals surface area (Å²) >= 11 is 0. The normalized spacial score (nSPS) is 12.5. The molecule has 3 nitrogen and oxygen atoms in total. The van der Waals surface area contributed by atoms with Gasteiger partial charge in [-0.25, -0.2) is 4.79 Å². The molecule has 132 valence electrons. The van der Waals surface area contributed by atoms with Crippen molar-refractivity contribution in [3.8, 4) is 0 Å². The van der Waals surface area contributed by atoms with Gasteiger partial charge in [0, 0.05) is 6.61 Å². The zero-order valence-electron chi connectivity index (χ0n) is 14.9. The Kier molecular flexibility index (Phi) is 16.4.